The van der Waals surface area contributed by atoms with Crippen molar-refractivity contribution >= 4 is 17.6 Å². The number of benzene rings is 2. The zero-order valence-electron chi connectivity index (χ0n) is 11.9. The first kappa shape index (κ1) is 15.7. The Labute approximate surface area is 128 Å². The lowest BCUT2D eigenvalue weighted by Crippen LogP contribution is -2.43. The Balaban J connectivity index is 2.16. The van der Waals surface area contributed by atoms with Gasteiger partial charge in [0.2, 0.25) is 0 Å². The van der Waals surface area contributed by atoms with Gasteiger partial charge in [-0.3, -0.25) is 14.5 Å². The summed E-state index contributed by atoms with van der Waals surface area (Å²) in [4.78, 5) is 24.5. The Morgan fingerprint density at radius 3 is 2.05 bits per heavy atom. The third-order valence-electron chi connectivity index (χ3n) is 3.18. The SMILES string of the molecule is O=C(O)CN(C(=O)C(O)Cc1ccccc1)c1ccccc1. The minimum Gasteiger partial charge on any atom is -0.480 e. The van der Waals surface area contributed by atoms with Crippen LogP contribution in [-0.2, 0) is 16.0 Å². The second-order valence-corrected chi connectivity index (χ2v) is 4.86. The standard InChI is InChI=1S/C17H17NO4/c19-15(11-13-7-3-1-4-8-13)17(22)18(12-16(20)21)14-9-5-2-6-10-14/h1-10,15,19H,11-12H2,(H,20,21). The molecule has 2 aromatic carbocycles. The number of nitrogens with zero attached hydrogens (tertiary/aromatic N) is 1. The highest BCUT2D eigenvalue weighted by molar-refractivity contribution is 5.99. The zero-order chi connectivity index (χ0) is 15.9. The van der Waals surface area contributed by atoms with Crippen molar-refractivity contribution in [3.05, 3.63) is 66.2 Å². The molecule has 0 fully saturated rings. The van der Waals surface area contributed by atoms with E-state index in [1.807, 2.05) is 18.2 Å². The van der Waals surface area contributed by atoms with Crippen molar-refractivity contribution in [2.24, 2.45) is 0 Å². The number of aliphatic carboxylic acids is 1. The van der Waals surface area contributed by atoms with E-state index in [1.54, 1.807) is 42.5 Å². The first-order valence-electron chi connectivity index (χ1n) is 6.88. The molecule has 5 nitrogen and oxygen atoms in total. The highest BCUT2D eigenvalue weighted by Gasteiger charge is 2.25. The quantitative estimate of drug-likeness (QED) is 0.851. The van der Waals surface area contributed by atoms with Crippen molar-refractivity contribution in [3.8, 4) is 0 Å². The average Bonchev–Trinajstić information content (AvgIpc) is 2.53. The number of para-hydroxylation sites is 1. The molecule has 2 N–H and O–H groups in total. The van der Waals surface area contributed by atoms with Crippen LogP contribution in [0.3, 0.4) is 0 Å². The van der Waals surface area contributed by atoms with E-state index in [1.165, 1.54) is 0 Å². The molecule has 0 aliphatic rings. The molecule has 5 heteroatoms. The predicted octanol–water partition coefficient (Wildman–Crippen LogP) is 1.71. The van der Waals surface area contributed by atoms with Crippen molar-refractivity contribution in [2.75, 3.05) is 11.4 Å². The Kier molecular flexibility index (Phi) is 5.27. The average molecular weight is 299 g/mol. The summed E-state index contributed by atoms with van der Waals surface area (Å²) in [6, 6.07) is 17.6. The number of hydrogen-bond acceptors (Lipinski definition) is 3. The Morgan fingerprint density at radius 1 is 0.955 bits per heavy atom. The molecule has 0 aliphatic carbocycles. The molecule has 0 aliphatic heterocycles. The van der Waals surface area contributed by atoms with E-state index in [9.17, 15) is 14.7 Å². The summed E-state index contributed by atoms with van der Waals surface area (Å²) in [6.45, 7) is -0.491. The van der Waals surface area contributed by atoms with Crippen LogP contribution in [0.1, 0.15) is 5.56 Å². The zero-order valence-corrected chi connectivity index (χ0v) is 11.9. The van der Waals surface area contributed by atoms with E-state index >= 15 is 0 Å². The number of rotatable bonds is 6. The Hall–Kier alpha value is -2.66. The van der Waals surface area contributed by atoms with Gasteiger partial charge < -0.3 is 10.2 Å². The van der Waals surface area contributed by atoms with Gasteiger partial charge in [-0.1, -0.05) is 48.5 Å². The lowest BCUT2D eigenvalue weighted by molar-refractivity contribution is -0.137. The van der Waals surface area contributed by atoms with Crippen molar-refractivity contribution in [1.82, 2.24) is 0 Å². The minimum atomic E-state index is -1.29. The topological polar surface area (TPSA) is 77.8 Å². The molecule has 0 saturated heterocycles. The fourth-order valence-electron chi connectivity index (χ4n) is 2.14. The highest BCUT2D eigenvalue weighted by Crippen LogP contribution is 2.16. The monoisotopic (exact) mass is 299 g/mol. The number of anilines is 1. The van der Waals surface area contributed by atoms with Gasteiger partial charge in [0.25, 0.3) is 5.91 Å². The summed E-state index contributed by atoms with van der Waals surface area (Å²) >= 11 is 0. The van der Waals surface area contributed by atoms with E-state index in [2.05, 4.69) is 0 Å². The number of aliphatic hydroxyl groups is 1. The maximum Gasteiger partial charge on any atom is 0.323 e. The predicted molar refractivity (Wildman–Crippen MR) is 82.6 cm³/mol. The number of carbonyl (C=O) groups excluding carboxylic acids is 1. The molecule has 1 unspecified atom stereocenters. The number of carbonyl (C=O) groups is 2. The van der Waals surface area contributed by atoms with Crippen molar-refractivity contribution < 1.29 is 19.8 Å². The van der Waals surface area contributed by atoms with Crippen molar-refractivity contribution in [3.63, 3.8) is 0 Å². The Morgan fingerprint density at radius 2 is 1.50 bits per heavy atom. The summed E-state index contributed by atoms with van der Waals surface area (Å²) in [5, 5.41) is 19.1. The number of hydrogen-bond donors (Lipinski definition) is 2. The molecule has 0 heterocycles. The molecule has 22 heavy (non-hydrogen) atoms. The van der Waals surface area contributed by atoms with Crippen LogP contribution in [0.25, 0.3) is 0 Å². The van der Waals surface area contributed by atoms with E-state index in [4.69, 9.17) is 5.11 Å². The molecule has 114 valence electrons. The summed E-state index contributed by atoms with van der Waals surface area (Å²) in [7, 11) is 0. The normalized spacial score (nSPS) is 11.7. The third kappa shape index (κ3) is 4.17. The maximum atomic E-state index is 12.4. The molecule has 0 radical (unpaired) electrons. The summed E-state index contributed by atoms with van der Waals surface area (Å²) in [6.07, 6.45) is -1.15. The molecule has 2 rings (SSSR count). The lowest BCUT2D eigenvalue weighted by Gasteiger charge is -2.23. The fourth-order valence-corrected chi connectivity index (χ4v) is 2.14. The first-order valence-corrected chi connectivity index (χ1v) is 6.88. The van der Waals surface area contributed by atoms with Gasteiger partial charge in [-0.15, -0.1) is 0 Å². The van der Waals surface area contributed by atoms with Crippen LogP contribution in [0, 0.1) is 0 Å². The lowest BCUT2D eigenvalue weighted by atomic mass is 10.1. The molecule has 1 amide bonds. The molecule has 1 atom stereocenters. The molecular formula is C17H17NO4. The smallest absolute Gasteiger partial charge is 0.323 e. The van der Waals surface area contributed by atoms with Gasteiger partial charge in [0.05, 0.1) is 0 Å². The van der Waals surface area contributed by atoms with Gasteiger partial charge in [0, 0.05) is 12.1 Å². The molecule has 0 aromatic heterocycles. The number of carboxylic acids is 1. The fraction of sp³-hybridized carbons (Fsp3) is 0.176. The first-order chi connectivity index (χ1) is 10.6. The van der Waals surface area contributed by atoms with Crippen molar-refractivity contribution in [1.29, 1.82) is 0 Å². The van der Waals surface area contributed by atoms with Gasteiger partial charge in [-0.2, -0.15) is 0 Å². The molecule has 0 spiro atoms. The minimum absolute atomic E-state index is 0.141. The van der Waals surface area contributed by atoms with Gasteiger partial charge >= 0.3 is 5.97 Å². The second kappa shape index (κ2) is 7.38. The van der Waals surface area contributed by atoms with Crippen LogP contribution < -0.4 is 4.90 Å². The molecule has 0 bridgehead atoms. The third-order valence-corrected chi connectivity index (χ3v) is 3.18. The number of aliphatic hydroxyl groups excluding tert-OH is 1. The maximum absolute atomic E-state index is 12.4. The molecular weight excluding hydrogens is 282 g/mol. The van der Waals surface area contributed by atoms with Gasteiger partial charge in [-0.25, -0.2) is 0 Å². The van der Waals surface area contributed by atoms with E-state index < -0.39 is 24.5 Å². The summed E-state index contributed by atoms with van der Waals surface area (Å²) in [5.41, 5.74) is 1.26. The second-order valence-electron chi connectivity index (χ2n) is 4.86. The van der Waals surface area contributed by atoms with Crippen LogP contribution in [0.5, 0.6) is 0 Å². The van der Waals surface area contributed by atoms with Crippen LogP contribution in [0.15, 0.2) is 60.7 Å². The largest absolute Gasteiger partial charge is 0.480 e. The van der Waals surface area contributed by atoms with Gasteiger partial charge in [0.15, 0.2) is 0 Å². The molecule has 2 aromatic rings. The van der Waals surface area contributed by atoms with Crippen LogP contribution in [0.2, 0.25) is 0 Å². The van der Waals surface area contributed by atoms with Gasteiger partial charge in [0.1, 0.15) is 12.6 Å². The summed E-state index contributed by atoms with van der Waals surface area (Å²) in [5.74, 6) is -1.76. The van der Waals surface area contributed by atoms with Crippen LogP contribution >= 0.6 is 0 Å². The van der Waals surface area contributed by atoms with E-state index in [0.29, 0.717) is 5.69 Å². The number of carboxylic acid groups (broad SMARTS) is 1. The van der Waals surface area contributed by atoms with Gasteiger partial charge in [-0.05, 0) is 17.7 Å². The summed E-state index contributed by atoms with van der Waals surface area (Å²) < 4.78 is 0. The van der Waals surface area contributed by atoms with E-state index in [0.717, 1.165) is 10.5 Å². The van der Waals surface area contributed by atoms with E-state index in [-0.39, 0.29) is 6.42 Å². The highest BCUT2D eigenvalue weighted by atomic mass is 16.4. The molecule has 0 saturated carbocycles. The van der Waals surface area contributed by atoms with Crippen molar-refractivity contribution in [2.45, 2.75) is 12.5 Å². The van der Waals surface area contributed by atoms with Crippen LogP contribution in [0.4, 0.5) is 5.69 Å². The Bertz CT molecular complexity index is 628. The van der Waals surface area contributed by atoms with Crippen LogP contribution in [-0.4, -0.2) is 34.7 Å². The number of amides is 1.